The summed E-state index contributed by atoms with van der Waals surface area (Å²) in [6.07, 6.45) is 2.49. The quantitative estimate of drug-likeness (QED) is 0.545. The summed E-state index contributed by atoms with van der Waals surface area (Å²) in [5, 5.41) is 8.43. The van der Waals surface area contributed by atoms with Gasteiger partial charge in [-0.15, -0.1) is 0 Å². The number of likely N-dealkylation sites (N-methyl/N-ethyl adjacent to an activating group) is 1. The molecule has 1 saturated heterocycles. The van der Waals surface area contributed by atoms with Crippen LogP contribution in [0.1, 0.15) is 24.3 Å². The first-order chi connectivity index (χ1) is 12.7. The minimum absolute atomic E-state index is 0.215. The number of rotatable bonds is 5. The van der Waals surface area contributed by atoms with Gasteiger partial charge in [0.1, 0.15) is 17.9 Å². The zero-order valence-electron chi connectivity index (χ0n) is 14.5. The fourth-order valence-electron chi connectivity index (χ4n) is 3.48. The predicted molar refractivity (Wildman–Crippen MR) is 98.3 cm³/mol. The second-order valence-corrected chi connectivity index (χ2v) is 6.47. The second-order valence-electron chi connectivity index (χ2n) is 6.47. The number of furan rings is 1. The molecule has 26 heavy (non-hydrogen) atoms. The van der Waals surface area contributed by atoms with Crippen LogP contribution < -0.4 is 15.4 Å². The van der Waals surface area contributed by atoms with Crippen LogP contribution in [0.4, 0.5) is 0 Å². The van der Waals surface area contributed by atoms with E-state index in [-0.39, 0.29) is 17.7 Å². The summed E-state index contributed by atoms with van der Waals surface area (Å²) < 4.78 is 11.4. The molecule has 1 atom stereocenters. The van der Waals surface area contributed by atoms with E-state index >= 15 is 0 Å². The van der Waals surface area contributed by atoms with Gasteiger partial charge < -0.3 is 14.5 Å². The van der Waals surface area contributed by atoms with Gasteiger partial charge in [0.2, 0.25) is 11.8 Å². The lowest BCUT2D eigenvalue weighted by Gasteiger charge is -2.20. The van der Waals surface area contributed by atoms with Gasteiger partial charge in [-0.2, -0.15) is 0 Å². The molecule has 134 valence electrons. The molecule has 4 rings (SSSR count). The molecule has 0 radical (unpaired) electrons. The number of hydrogen-bond donors (Lipinski definition) is 2. The van der Waals surface area contributed by atoms with Crippen molar-refractivity contribution >= 4 is 33.6 Å². The molecular weight excluding hydrogens is 332 g/mol. The molecule has 1 aliphatic rings. The van der Waals surface area contributed by atoms with E-state index in [1.807, 2.05) is 37.4 Å². The fraction of sp³-hybridized carbons (Fsp3) is 0.300. The number of ether oxygens (including phenoxy) is 1. The largest absolute Gasteiger partial charge is 0.492 e. The Kier molecular flexibility index (Phi) is 4.34. The lowest BCUT2D eigenvalue weighted by molar-refractivity contribution is -0.134. The third kappa shape index (κ3) is 2.93. The molecule has 2 amide bonds. The molecule has 2 N–H and O–H groups in total. The Morgan fingerprint density at radius 2 is 2.15 bits per heavy atom. The first-order valence-corrected chi connectivity index (χ1v) is 8.72. The van der Waals surface area contributed by atoms with Crippen LogP contribution in [0, 0.1) is 0 Å². The number of hydrogen-bond acceptors (Lipinski definition) is 5. The lowest BCUT2D eigenvalue weighted by Crippen LogP contribution is -2.39. The molecule has 1 aromatic heterocycles. The van der Waals surface area contributed by atoms with Crippen LogP contribution in [-0.2, 0) is 9.59 Å². The van der Waals surface area contributed by atoms with Gasteiger partial charge in [-0.25, -0.2) is 0 Å². The fourth-order valence-corrected chi connectivity index (χ4v) is 3.48. The Morgan fingerprint density at radius 1 is 1.27 bits per heavy atom. The van der Waals surface area contributed by atoms with Gasteiger partial charge in [0.05, 0.1) is 12.2 Å². The minimum atomic E-state index is -0.369. The molecule has 0 aliphatic carbocycles. The number of carbonyl (C=O) groups excluding carboxylic acids is 2. The van der Waals surface area contributed by atoms with Crippen LogP contribution in [0.2, 0.25) is 0 Å². The summed E-state index contributed by atoms with van der Waals surface area (Å²) in [4.78, 5) is 23.7. The van der Waals surface area contributed by atoms with Crippen molar-refractivity contribution in [1.82, 2.24) is 10.6 Å². The van der Waals surface area contributed by atoms with Gasteiger partial charge in [-0.05, 0) is 48.5 Å². The minimum Gasteiger partial charge on any atom is -0.492 e. The Balaban J connectivity index is 1.75. The molecule has 2 heterocycles. The second kappa shape index (κ2) is 6.80. The molecule has 0 bridgehead atoms. The van der Waals surface area contributed by atoms with Crippen LogP contribution in [-0.4, -0.2) is 32.0 Å². The standard InChI is InChI=1S/C20H20N2O4/c1-21-8-9-25-13-3-4-14-12(10-13)2-6-17-19(14)16(11-26-17)15-5-7-18(23)22-20(15)24/h2-4,6,10-11,15,21H,5,7-9H2,1H3,(H,22,23,24). The molecule has 0 saturated carbocycles. The highest BCUT2D eigenvalue weighted by Gasteiger charge is 2.30. The van der Waals surface area contributed by atoms with Gasteiger partial charge in [-0.1, -0.05) is 6.07 Å². The van der Waals surface area contributed by atoms with E-state index in [1.165, 1.54) is 0 Å². The smallest absolute Gasteiger partial charge is 0.234 e. The van der Waals surface area contributed by atoms with Gasteiger partial charge >= 0.3 is 0 Å². The number of amides is 2. The monoisotopic (exact) mass is 352 g/mol. The maximum Gasteiger partial charge on any atom is 0.234 e. The Morgan fingerprint density at radius 3 is 2.96 bits per heavy atom. The molecule has 6 nitrogen and oxygen atoms in total. The summed E-state index contributed by atoms with van der Waals surface area (Å²) in [5.41, 5.74) is 1.57. The summed E-state index contributed by atoms with van der Waals surface area (Å²) in [5.74, 6) is -0.0375. The SMILES string of the molecule is CNCCOc1ccc2c(ccc3occ(C4CCC(=O)NC4=O)c32)c1. The van der Waals surface area contributed by atoms with Crippen molar-refractivity contribution in [2.75, 3.05) is 20.2 Å². The van der Waals surface area contributed by atoms with E-state index in [9.17, 15) is 9.59 Å². The third-order valence-electron chi connectivity index (χ3n) is 4.79. The normalized spacial score (nSPS) is 17.7. The highest BCUT2D eigenvalue weighted by molar-refractivity contribution is 6.10. The predicted octanol–water partition coefficient (Wildman–Crippen LogP) is 2.70. The molecule has 1 fully saturated rings. The van der Waals surface area contributed by atoms with Crippen molar-refractivity contribution in [3.63, 3.8) is 0 Å². The first kappa shape index (κ1) is 16.6. The molecule has 6 heteroatoms. The lowest BCUT2D eigenvalue weighted by atomic mass is 9.89. The van der Waals surface area contributed by atoms with Crippen LogP contribution in [0.3, 0.4) is 0 Å². The molecule has 1 unspecified atom stereocenters. The number of imide groups is 1. The number of piperidine rings is 1. The molecule has 1 aliphatic heterocycles. The van der Waals surface area contributed by atoms with E-state index < -0.39 is 0 Å². The number of fused-ring (bicyclic) bond motifs is 3. The molecule has 3 aromatic rings. The van der Waals surface area contributed by atoms with Crippen molar-refractivity contribution in [3.8, 4) is 5.75 Å². The number of nitrogens with one attached hydrogen (secondary N) is 2. The highest BCUT2D eigenvalue weighted by atomic mass is 16.5. The van der Waals surface area contributed by atoms with Crippen molar-refractivity contribution in [2.45, 2.75) is 18.8 Å². The summed E-state index contributed by atoms with van der Waals surface area (Å²) in [6, 6.07) is 9.81. The Hall–Kier alpha value is -2.86. The average molecular weight is 352 g/mol. The zero-order valence-corrected chi connectivity index (χ0v) is 14.5. The molecule has 2 aromatic carbocycles. The van der Waals surface area contributed by atoms with Crippen molar-refractivity contribution in [3.05, 3.63) is 42.2 Å². The van der Waals surface area contributed by atoms with Crippen molar-refractivity contribution < 1.29 is 18.7 Å². The van der Waals surface area contributed by atoms with Crippen LogP contribution >= 0.6 is 0 Å². The van der Waals surface area contributed by atoms with E-state index in [2.05, 4.69) is 10.6 Å². The van der Waals surface area contributed by atoms with E-state index in [1.54, 1.807) is 6.26 Å². The van der Waals surface area contributed by atoms with Crippen molar-refractivity contribution in [2.24, 2.45) is 0 Å². The topological polar surface area (TPSA) is 80.6 Å². The van der Waals surface area contributed by atoms with Crippen LogP contribution in [0.15, 0.2) is 41.0 Å². The maximum atomic E-state index is 12.3. The van der Waals surface area contributed by atoms with Crippen LogP contribution in [0.5, 0.6) is 5.75 Å². The summed E-state index contributed by atoms with van der Waals surface area (Å²) in [6.45, 7) is 1.37. The van der Waals surface area contributed by atoms with Gasteiger partial charge in [-0.3, -0.25) is 14.9 Å². The number of benzene rings is 2. The average Bonchev–Trinajstić information content (AvgIpc) is 3.06. The Bertz CT molecular complexity index is 992. The van der Waals surface area contributed by atoms with E-state index in [0.29, 0.717) is 19.4 Å². The zero-order chi connectivity index (χ0) is 18.1. The molecule has 0 spiro atoms. The van der Waals surface area contributed by atoms with Crippen molar-refractivity contribution in [1.29, 1.82) is 0 Å². The van der Waals surface area contributed by atoms with E-state index in [4.69, 9.17) is 9.15 Å². The number of carbonyl (C=O) groups is 2. The van der Waals surface area contributed by atoms with Gasteiger partial charge in [0.25, 0.3) is 0 Å². The first-order valence-electron chi connectivity index (χ1n) is 8.72. The van der Waals surface area contributed by atoms with Gasteiger partial charge in [0.15, 0.2) is 0 Å². The third-order valence-corrected chi connectivity index (χ3v) is 4.79. The Labute approximate surface area is 150 Å². The van der Waals surface area contributed by atoms with E-state index in [0.717, 1.165) is 39.6 Å². The highest BCUT2D eigenvalue weighted by Crippen LogP contribution is 2.37. The summed E-state index contributed by atoms with van der Waals surface area (Å²) >= 11 is 0. The maximum absolute atomic E-state index is 12.3. The molecular formula is C20H20N2O4. The summed E-state index contributed by atoms with van der Waals surface area (Å²) in [7, 11) is 1.88. The van der Waals surface area contributed by atoms with Gasteiger partial charge in [0, 0.05) is 23.9 Å². The van der Waals surface area contributed by atoms with Crippen LogP contribution in [0.25, 0.3) is 21.7 Å².